The summed E-state index contributed by atoms with van der Waals surface area (Å²) in [5, 5.41) is 16.3. The molecule has 36 valence electrons. The molecule has 0 rings (SSSR count). The molecule has 0 aliphatic heterocycles. The van der Waals surface area contributed by atoms with E-state index in [0.29, 0.717) is 0 Å². The maximum atomic E-state index is 8.17. The third kappa shape index (κ3) is 2.95. The molecule has 0 heterocycles. The van der Waals surface area contributed by atoms with Crippen LogP contribution >= 0.6 is 6.17 Å². The second kappa shape index (κ2) is 3.91. The second-order valence-electron chi connectivity index (χ2n) is 0.765. The Morgan fingerprint density at radius 1 is 1.33 bits per heavy atom. The molecule has 4 heteroatoms. The molecule has 2 nitrogen and oxygen atoms in total. The topological polar surface area (TPSA) is 40.5 Å². The molecule has 0 spiro atoms. The van der Waals surface area contributed by atoms with Crippen molar-refractivity contribution in [1.82, 2.24) is 0 Å². The van der Waals surface area contributed by atoms with E-state index in [1.165, 1.54) is 0 Å². The van der Waals surface area contributed by atoms with Gasteiger partial charge in [0.05, 0.1) is 0 Å². The van der Waals surface area contributed by atoms with Crippen molar-refractivity contribution < 1.29 is 10.2 Å². The minimum absolute atomic E-state index is 0.0891. The van der Waals surface area contributed by atoms with Gasteiger partial charge in [-0.1, -0.05) is 0 Å². The zero-order valence-corrected chi connectivity index (χ0v) is 5.77. The second-order valence-corrected chi connectivity index (χ2v) is 5.54. The molecule has 0 saturated carbocycles. The zero-order valence-electron chi connectivity index (χ0n) is 3.16. The Morgan fingerprint density at radius 2 is 1.67 bits per heavy atom. The van der Waals surface area contributed by atoms with Crippen LogP contribution in [0.2, 0.25) is 0 Å². The minimum atomic E-state index is -0.590. The Labute approximate surface area is 44.8 Å². The van der Waals surface area contributed by atoms with E-state index in [9.17, 15) is 0 Å². The van der Waals surface area contributed by atoms with Gasteiger partial charge in [-0.25, -0.2) is 0 Å². The number of hydrogen-bond acceptors (Lipinski definition) is 2. The van der Waals surface area contributed by atoms with Gasteiger partial charge in [0, 0.05) is 0 Å². The summed E-state index contributed by atoms with van der Waals surface area (Å²) in [6, 6.07) is 0. The van der Waals surface area contributed by atoms with E-state index in [1.54, 1.807) is 0 Å². The molecule has 6 heavy (non-hydrogen) atoms. The fraction of sp³-hybridized carbons (Fsp3) is 1.00. The van der Waals surface area contributed by atoms with Crippen molar-refractivity contribution in [2.45, 2.75) is 0 Å². The van der Waals surface area contributed by atoms with Crippen LogP contribution < -0.4 is 0 Å². The first-order valence-electron chi connectivity index (χ1n) is 1.45. The van der Waals surface area contributed by atoms with Gasteiger partial charge < -0.3 is 0 Å². The molecule has 0 radical (unpaired) electrons. The fourth-order valence-electron chi connectivity index (χ4n) is 0.0447. The number of aliphatic hydroxyl groups excluding tert-OH is 2. The molecular weight excluding hydrogens is 166 g/mol. The molecule has 0 aromatic rings. The zero-order chi connectivity index (χ0) is 4.99. The van der Waals surface area contributed by atoms with Crippen molar-refractivity contribution in [3.63, 3.8) is 0 Å². The molecule has 0 unspecified atom stereocenters. The van der Waals surface area contributed by atoms with Crippen LogP contribution in [0, 0.1) is 0 Å². The molecule has 0 aromatic heterocycles. The van der Waals surface area contributed by atoms with Crippen molar-refractivity contribution in [2.24, 2.45) is 0 Å². The van der Waals surface area contributed by atoms with Crippen molar-refractivity contribution in [3.05, 3.63) is 0 Å². The average molecular weight is 172 g/mol. The molecule has 0 saturated heterocycles. The maximum absolute atomic E-state index is 8.17. The molecule has 0 fully saturated rings. The van der Waals surface area contributed by atoms with Gasteiger partial charge in [-0.3, -0.25) is 0 Å². The first-order chi connectivity index (χ1) is 2.81. The van der Waals surface area contributed by atoms with Crippen LogP contribution in [0.15, 0.2) is 0 Å². The van der Waals surface area contributed by atoms with Crippen molar-refractivity contribution >= 4 is 21.3 Å². The summed E-state index contributed by atoms with van der Waals surface area (Å²) in [7, 11) is 0. The van der Waals surface area contributed by atoms with E-state index in [2.05, 4.69) is 15.1 Å². The van der Waals surface area contributed by atoms with E-state index < -0.39 is 6.17 Å². The molecule has 2 N–H and O–H groups in total. The Kier molecular flexibility index (Phi) is 4.40. The predicted octanol–water partition coefficient (Wildman–Crippen LogP) is -0.549. The third-order valence-electron chi connectivity index (χ3n) is 0.315. The van der Waals surface area contributed by atoms with Gasteiger partial charge in [0.2, 0.25) is 0 Å². The predicted molar refractivity (Wildman–Crippen MR) is 26.8 cm³/mol. The third-order valence-corrected chi connectivity index (χ3v) is 2.40. The Bertz CT molecular complexity index is 49.5. The quantitative estimate of drug-likeness (QED) is 0.433. The Balaban J connectivity index is 2.99. The Morgan fingerprint density at radius 3 is 1.67 bits per heavy atom. The summed E-state index contributed by atoms with van der Waals surface area (Å²) >= 11 is 2.64. The van der Waals surface area contributed by atoms with Crippen LogP contribution in [0.25, 0.3) is 0 Å². The van der Waals surface area contributed by atoms with Crippen molar-refractivity contribution in [3.8, 4) is 0 Å². The van der Waals surface area contributed by atoms with Crippen LogP contribution in [0.4, 0.5) is 0 Å². The average Bonchev–Trinajstić information content (AvgIpc) is 1.65. The van der Waals surface area contributed by atoms with Gasteiger partial charge in [-0.2, -0.15) is 0 Å². The number of aliphatic hydroxyl groups is 2. The van der Waals surface area contributed by atoms with E-state index in [0.717, 1.165) is 0 Å². The molecule has 0 bridgehead atoms. The molecule has 0 aliphatic rings. The summed E-state index contributed by atoms with van der Waals surface area (Å²) < 4.78 is 0. The first kappa shape index (κ1) is 6.74. The summed E-state index contributed by atoms with van der Waals surface area (Å²) in [4.78, 5) is 0. The van der Waals surface area contributed by atoms with Gasteiger partial charge in [0.1, 0.15) is 0 Å². The standard InChI is InChI=1S/C2H6O2PSe/c3-1-5(6)2-4/h3-4H,1-2H2/q+1. The van der Waals surface area contributed by atoms with Crippen LogP contribution in [-0.2, 0) is 0 Å². The molecule has 0 aliphatic carbocycles. The van der Waals surface area contributed by atoms with E-state index in [-0.39, 0.29) is 12.7 Å². The van der Waals surface area contributed by atoms with Gasteiger partial charge in [-0.15, -0.1) is 0 Å². The van der Waals surface area contributed by atoms with Crippen LogP contribution in [0.1, 0.15) is 0 Å². The van der Waals surface area contributed by atoms with E-state index >= 15 is 0 Å². The van der Waals surface area contributed by atoms with Gasteiger partial charge in [0.25, 0.3) is 0 Å². The first-order valence-corrected chi connectivity index (χ1v) is 5.38. The van der Waals surface area contributed by atoms with Crippen molar-refractivity contribution in [2.75, 3.05) is 12.7 Å². The molecule has 0 amide bonds. The summed E-state index contributed by atoms with van der Waals surface area (Å²) in [5.74, 6) is 0. The summed E-state index contributed by atoms with van der Waals surface area (Å²) in [6.07, 6.45) is -0.412. The normalized spacial score (nSPS) is 8.33. The van der Waals surface area contributed by atoms with E-state index in [1.807, 2.05) is 0 Å². The SMILES string of the molecule is OC[P+](=[Se])CO. The summed E-state index contributed by atoms with van der Waals surface area (Å²) in [5.41, 5.74) is 0. The van der Waals surface area contributed by atoms with E-state index in [4.69, 9.17) is 10.2 Å². The van der Waals surface area contributed by atoms with Gasteiger partial charge >= 0.3 is 44.2 Å². The monoisotopic (exact) mass is 173 g/mol. The van der Waals surface area contributed by atoms with Crippen LogP contribution in [-0.4, -0.2) is 38.0 Å². The van der Waals surface area contributed by atoms with Gasteiger partial charge in [-0.05, 0) is 0 Å². The molecule has 0 atom stereocenters. The number of hydrogen-bond donors (Lipinski definition) is 2. The molecular formula is C2H6O2PSe+. The molecule has 0 aromatic carbocycles. The van der Waals surface area contributed by atoms with Crippen LogP contribution in [0.5, 0.6) is 0 Å². The Hall–Kier alpha value is 0.739. The van der Waals surface area contributed by atoms with Crippen molar-refractivity contribution in [1.29, 1.82) is 0 Å². The number of rotatable bonds is 2. The fourth-order valence-corrected chi connectivity index (χ4v) is 0.134. The van der Waals surface area contributed by atoms with Crippen LogP contribution in [0.3, 0.4) is 0 Å². The van der Waals surface area contributed by atoms with Gasteiger partial charge in [0.15, 0.2) is 0 Å². The summed E-state index contributed by atoms with van der Waals surface area (Å²) in [6.45, 7) is 0.